The maximum absolute atomic E-state index is 6.20. The van der Waals surface area contributed by atoms with E-state index in [1.807, 2.05) is 29.8 Å². The summed E-state index contributed by atoms with van der Waals surface area (Å²) in [6.07, 6.45) is 8.12. The van der Waals surface area contributed by atoms with Crippen molar-refractivity contribution in [1.82, 2.24) is 15.0 Å². The number of hydrogen-bond donors (Lipinski definition) is 3. The highest BCUT2D eigenvalue weighted by Crippen LogP contribution is 2.25. The van der Waals surface area contributed by atoms with Gasteiger partial charge in [-0.1, -0.05) is 12.8 Å². The normalized spacial score (nSPS) is 19.9. The number of anilines is 3. The number of nitrogens with zero attached hydrogens (tertiary/aromatic N) is 3. The van der Waals surface area contributed by atoms with Crippen LogP contribution in [0, 0.1) is 0 Å². The van der Waals surface area contributed by atoms with E-state index >= 15 is 0 Å². The van der Waals surface area contributed by atoms with E-state index in [2.05, 4.69) is 37.7 Å². The zero-order valence-corrected chi connectivity index (χ0v) is 15.2. The van der Waals surface area contributed by atoms with Crippen LogP contribution < -0.4 is 16.4 Å². The van der Waals surface area contributed by atoms with E-state index in [4.69, 9.17) is 5.73 Å². The van der Waals surface area contributed by atoms with Gasteiger partial charge in [0.2, 0.25) is 5.95 Å². The number of rotatable bonds is 5. The van der Waals surface area contributed by atoms with Crippen LogP contribution in [0.3, 0.4) is 0 Å². The molecule has 0 spiro atoms. The molecule has 1 aromatic carbocycles. The van der Waals surface area contributed by atoms with Crippen LogP contribution >= 0.6 is 11.3 Å². The summed E-state index contributed by atoms with van der Waals surface area (Å²) in [5.74, 6) is 1.38. The standard InChI is InChI=1S/C19H22N6S/c20-15-3-1-2-4-16(15)24-19-22-10-9-17(25-19)23-14-7-5-13(6-8-14)18-21-11-12-26-18/h5-12,15-16H,1-4,20H2,(H2,22,23,24,25)/t15-,16+/m0/s1. The third kappa shape index (κ3) is 4.00. The molecule has 7 heteroatoms. The second kappa shape index (κ2) is 7.80. The molecule has 1 aliphatic carbocycles. The van der Waals surface area contributed by atoms with Crippen LogP contribution in [0.5, 0.6) is 0 Å². The average Bonchev–Trinajstić information content (AvgIpc) is 3.19. The fourth-order valence-corrected chi connectivity index (χ4v) is 3.86. The first-order valence-electron chi connectivity index (χ1n) is 8.90. The van der Waals surface area contributed by atoms with Gasteiger partial charge in [0, 0.05) is 41.1 Å². The highest BCUT2D eigenvalue weighted by Gasteiger charge is 2.22. The number of aromatic nitrogens is 3. The van der Waals surface area contributed by atoms with Crippen LogP contribution in [-0.2, 0) is 0 Å². The monoisotopic (exact) mass is 366 g/mol. The SMILES string of the molecule is N[C@H]1CCCC[C@H]1Nc1nccc(Nc2ccc(-c3nccs3)cc2)n1. The zero-order valence-electron chi connectivity index (χ0n) is 14.4. The summed E-state index contributed by atoms with van der Waals surface area (Å²) in [6, 6.07) is 10.5. The molecule has 0 saturated heterocycles. The Balaban J connectivity index is 1.43. The first-order chi connectivity index (χ1) is 12.8. The molecule has 0 bridgehead atoms. The van der Waals surface area contributed by atoms with Crippen molar-refractivity contribution in [2.45, 2.75) is 37.8 Å². The largest absolute Gasteiger partial charge is 0.350 e. The Bertz CT molecular complexity index is 834. The molecule has 1 saturated carbocycles. The van der Waals surface area contributed by atoms with Gasteiger partial charge < -0.3 is 16.4 Å². The smallest absolute Gasteiger partial charge is 0.224 e. The van der Waals surface area contributed by atoms with Crippen LogP contribution in [0.25, 0.3) is 10.6 Å². The van der Waals surface area contributed by atoms with Crippen molar-refractivity contribution in [1.29, 1.82) is 0 Å². The molecule has 0 radical (unpaired) electrons. The molecule has 0 amide bonds. The van der Waals surface area contributed by atoms with Crippen LogP contribution in [0.1, 0.15) is 25.7 Å². The van der Waals surface area contributed by atoms with Crippen LogP contribution in [0.4, 0.5) is 17.5 Å². The maximum atomic E-state index is 6.20. The van der Waals surface area contributed by atoms with Crippen LogP contribution in [-0.4, -0.2) is 27.0 Å². The minimum absolute atomic E-state index is 0.169. The lowest BCUT2D eigenvalue weighted by molar-refractivity contribution is 0.402. The molecule has 6 nitrogen and oxygen atoms in total. The van der Waals surface area contributed by atoms with Crippen molar-refractivity contribution in [3.8, 4) is 10.6 Å². The topological polar surface area (TPSA) is 88.8 Å². The van der Waals surface area contributed by atoms with Gasteiger partial charge in [0.05, 0.1) is 0 Å². The van der Waals surface area contributed by atoms with Gasteiger partial charge in [-0.15, -0.1) is 11.3 Å². The number of benzene rings is 1. The maximum Gasteiger partial charge on any atom is 0.224 e. The van der Waals surface area contributed by atoms with E-state index in [0.29, 0.717) is 5.95 Å². The average molecular weight is 366 g/mol. The first kappa shape index (κ1) is 16.9. The Kier molecular flexibility index (Phi) is 5.08. The molecule has 2 aromatic heterocycles. The molecular formula is C19H22N6S. The van der Waals surface area contributed by atoms with Gasteiger partial charge in [-0.25, -0.2) is 9.97 Å². The predicted octanol–water partition coefficient (Wildman–Crippen LogP) is 4.03. The van der Waals surface area contributed by atoms with Gasteiger partial charge in [-0.05, 0) is 43.2 Å². The van der Waals surface area contributed by atoms with Crippen molar-refractivity contribution in [3.05, 3.63) is 48.1 Å². The van der Waals surface area contributed by atoms with Gasteiger partial charge in [-0.2, -0.15) is 4.98 Å². The lowest BCUT2D eigenvalue weighted by Crippen LogP contribution is -2.42. The summed E-state index contributed by atoms with van der Waals surface area (Å²) in [5.41, 5.74) is 8.29. The third-order valence-corrected chi connectivity index (χ3v) is 5.45. The first-order valence-corrected chi connectivity index (χ1v) is 9.78. The van der Waals surface area contributed by atoms with E-state index in [0.717, 1.165) is 34.9 Å². The van der Waals surface area contributed by atoms with Gasteiger partial charge in [0.25, 0.3) is 0 Å². The minimum Gasteiger partial charge on any atom is -0.350 e. The van der Waals surface area contributed by atoms with Crippen molar-refractivity contribution in [2.75, 3.05) is 10.6 Å². The van der Waals surface area contributed by atoms with E-state index in [9.17, 15) is 0 Å². The molecule has 0 aliphatic heterocycles. The number of hydrogen-bond acceptors (Lipinski definition) is 7. The fourth-order valence-electron chi connectivity index (χ4n) is 3.21. The third-order valence-electron chi connectivity index (χ3n) is 4.63. The lowest BCUT2D eigenvalue weighted by Gasteiger charge is -2.29. The molecule has 26 heavy (non-hydrogen) atoms. The molecule has 4 N–H and O–H groups in total. The molecule has 2 heterocycles. The second-order valence-corrected chi connectivity index (χ2v) is 7.40. The van der Waals surface area contributed by atoms with Gasteiger partial charge in [0.1, 0.15) is 10.8 Å². The van der Waals surface area contributed by atoms with E-state index < -0.39 is 0 Å². The van der Waals surface area contributed by atoms with E-state index in [1.54, 1.807) is 17.5 Å². The molecule has 0 unspecified atom stereocenters. The Morgan fingerprint density at radius 2 is 1.85 bits per heavy atom. The fraction of sp³-hybridized carbons (Fsp3) is 0.316. The Hall–Kier alpha value is -2.51. The summed E-state index contributed by atoms with van der Waals surface area (Å²) >= 11 is 1.63. The molecule has 134 valence electrons. The number of nitrogens with two attached hydrogens (primary N) is 1. The summed E-state index contributed by atoms with van der Waals surface area (Å²) in [4.78, 5) is 13.2. The molecule has 3 aromatic rings. The Morgan fingerprint density at radius 3 is 2.62 bits per heavy atom. The summed E-state index contributed by atoms with van der Waals surface area (Å²) in [6.45, 7) is 0. The van der Waals surface area contributed by atoms with Crippen molar-refractivity contribution in [3.63, 3.8) is 0 Å². The van der Waals surface area contributed by atoms with Crippen molar-refractivity contribution < 1.29 is 0 Å². The van der Waals surface area contributed by atoms with Crippen molar-refractivity contribution >= 4 is 28.8 Å². The molecule has 4 rings (SSSR count). The Labute approximate surface area is 156 Å². The van der Waals surface area contributed by atoms with E-state index in [-0.39, 0.29) is 12.1 Å². The number of thiazole rings is 1. The molecule has 2 atom stereocenters. The zero-order chi connectivity index (χ0) is 17.8. The van der Waals surface area contributed by atoms with Crippen molar-refractivity contribution in [2.24, 2.45) is 5.73 Å². The van der Waals surface area contributed by atoms with E-state index in [1.165, 1.54) is 12.8 Å². The molecule has 1 fully saturated rings. The molecular weight excluding hydrogens is 344 g/mol. The quantitative estimate of drug-likeness (QED) is 0.632. The van der Waals surface area contributed by atoms with Gasteiger partial charge >= 0.3 is 0 Å². The highest BCUT2D eigenvalue weighted by atomic mass is 32.1. The van der Waals surface area contributed by atoms with Crippen LogP contribution in [0.15, 0.2) is 48.1 Å². The molecule has 1 aliphatic rings. The van der Waals surface area contributed by atoms with Crippen LogP contribution in [0.2, 0.25) is 0 Å². The highest BCUT2D eigenvalue weighted by molar-refractivity contribution is 7.13. The summed E-state index contributed by atoms with van der Waals surface area (Å²) in [5, 5.41) is 9.72. The van der Waals surface area contributed by atoms with Gasteiger partial charge in [0.15, 0.2) is 0 Å². The minimum atomic E-state index is 0.169. The number of nitrogens with one attached hydrogen (secondary N) is 2. The van der Waals surface area contributed by atoms with Gasteiger partial charge in [-0.3, -0.25) is 0 Å². The lowest BCUT2D eigenvalue weighted by atomic mass is 9.91. The Morgan fingerprint density at radius 1 is 1.00 bits per heavy atom. The predicted molar refractivity (Wildman–Crippen MR) is 107 cm³/mol. The second-order valence-electron chi connectivity index (χ2n) is 6.50. The summed E-state index contributed by atoms with van der Waals surface area (Å²) in [7, 11) is 0. The summed E-state index contributed by atoms with van der Waals surface area (Å²) < 4.78 is 0.